The van der Waals surface area contributed by atoms with E-state index in [1.165, 1.54) is 6.21 Å². The van der Waals surface area contributed by atoms with Crippen molar-refractivity contribution < 1.29 is 9.53 Å². The van der Waals surface area contributed by atoms with Crippen molar-refractivity contribution in [1.82, 2.24) is 5.43 Å². The number of hydrogen-bond donors (Lipinski definition) is 2. The molecule has 1 amide bonds. The molecule has 16 heavy (non-hydrogen) atoms. The van der Waals surface area contributed by atoms with Gasteiger partial charge in [-0.05, 0) is 12.1 Å². The fourth-order valence-electron chi connectivity index (χ4n) is 1.22. The van der Waals surface area contributed by atoms with Crippen molar-refractivity contribution in [2.45, 2.75) is 0 Å². The lowest BCUT2D eigenvalue weighted by Gasteiger charge is -2.03. The Kier molecular flexibility index (Phi) is 2.55. The molecule has 1 aromatic rings. The summed E-state index contributed by atoms with van der Waals surface area (Å²) in [6.07, 6.45) is 1.35. The van der Waals surface area contributed by atoms with Crippen LogP contribution in [0.1, 0.15) is 0 Å². The molecule has 0 radical (unpaired) electrons. The highest BCUT2D eigenvalue weighted by Crippen LogP contribution is 2.27. The average Bonchev–Trinajstić information content (AvgIpc) is 2.68. The molecule has 3 N–H and O–H groups in total. The lowest BCUT2D eigenvalue weighted by Crippen LogP contribution is -2.19. The fraction of sp³-hybridized carbons (Fsp3) is 0.100. The van der Waals surface area contributed by atoms with E-state index in [0.29, 0.717) is 17.1 Å². The van der Waals surface area contributed by atoms with Gasteiger partial charge in [0.05, 0.1) is 24.7 Å². The molecular weight excluding hydrogens is 208 g/mol. The van der Waals surface area contributed by atoms with Crippen molar-refractivity contribution >= 4 is 29.2 Å². The second-order valence-corrected chi connectivity index (χ2v) is 3.12. The van der Waals surface area contributed by atoms with E-state index in [-0.39, 0.29) is 11.6 Å². The number of rotatable bonds is 2. The Labute approximate surface area is 91.8 Å². The first-order valence-corrected chi connectivity index (χ1v) is 4.56. The van der Waals surface area contributed by atoms with Crippen LogP contribution in [0.2, 0.25) is 0 Å². The molecule has 0 saturated carbocycles. The number of ether oxygens (including phenoxy) is 1. The predicted octanol–water partition coefficient (Wildman–Crippen LogP) is 0.465. The number of aliphatic imine (C=N–C) groups is 1. The number of nitrogens with zero attached hydrogens (tertiary/aromatic N) is 2. The van der Waals surface area contributed by atoms with E-state index in [2.05, 4.69) is 15.5 Å². The van der Waals surface area contributed by atoms with E-state index in [9.17, 15) is 4.79 Å². The SMILES string of the molecule is COc1ccc(N)c(N=C2C=NNC2=O)c1. The average molecular weight is 218 g/mol. The van der Waals surface area contributed by atoms with Crippen LogP contribution in [0.15, 0.2) is 28.3 Å². The van der Waals surface area contributed by atoms with Crippen LogP contribution >= 0.6 is 0 Å². The maximum atomic E-state index is 11.2. The molecule has 1 aromatic carbocycles. The maximum Gasteiger partial charge on any atom is 0.291 e. The molecule has 0 aliphatic carbocycles. The van der Waals surface area contributed by atoms with Crippen LogP contribution in [0.4, 0.5) is 11.4 Å². The number of amides is 1. The summed E-state index contributed by atoms with van der Waals surface area (Å²) >= 11 is 0. The van der Waals surface area contributed by atoms with Crippen LogP contribution in [0.5, 0.6) is 5.75 Å². The molecule has 0 saturated heterocycles. The summed E-state index contributed by atoms with van der Waals surface area (Å²) in [4.78, 5) is 15.3. The molecule has 6 nitrogen and oxygen atoms in total. The van der Waals surface area contributed by atoms with Crippen molar-refractivity contribution in [2.24, 2.45) is 10.1 Å². The molecule has 1 aliphatic heterocycles. The first-order valence-electron chi connectivity index (χ1n) is 4.56. The lowest BCUT2D eigenvalue weighted by atomic mass is 10.2. The molecule has 0 bridgehead atoms. The minimum Gasteiger partial charge on any atom is -0.497 e. The van der Waals surface area contributed by atoms with Crippen LogP contribution in [0.3, 0.4) is 0 Å². The van der Waals surface area contributed by atoms with E-state index in [1.807, 2.05) is 0 Å². The molecule has 0 fully saturated rings. The quantitative estimate of drug-likeness (QED) is 0.707. The molecule has 0 unspecified atom stereocenters. The van der Waals surface area contributed by atoms with Crippen LogP contribution in [-0.2, 0) is 4.79 Å². The summed E-state index contributed by atoms with van der Waals surface area (Å²) in [6.45, 7) is 0. The Hall–Kier alpha value is -2.37. The number of anilines is 1. The molecule has 1 aliphatic rings. The second-order valence-electron chi connectivity index (χ2n) is 3.12. The summed E-state index contributed by atoms with van der Waals surface area (Å²) in [5.41, 5.74) is 9.17. The first-order chi connectivity index (χ1) is 7.70. The van der Waals surface area contributed by atoms with Crippen LogP contribution in [0, 0.1) is 0 Å². The van der Waals surface area contributed by atoms with Gasteiger partial charge in [-0.1, -0.05) is 0 Å². The Morgan fingerprint density at radius 1 is 1.50 bits per heavy atom. The molecule has 0 aromatic heterocycles. The number of benzene rings is 1. The van der Waals surface area contributed by atoms with Gasteiger partial charge in [0.25, 0.3) is 5.91 Å². The maximum absolute atomic E-state index is 11.2. The van der Waals surface area contributed by atoms with Crippen molar-refractivity contribution in [1.29, 1.82) is 0 Å². The summed E-state index contributed by atoms with van der Waals surface area (Å²) in [7, 11) is 1.55. The van der Waals surface area contributed by atoms with Gasteiger partial charge in [-0.15, -0.1) is 0 Å². The Morgan fingerprint density at radius 3 is 2.94 bits per heavy atom. The van der Waals surface area contributed by atoms with E-state index < -0.39 is 0 Å². The molecule has 6 heteroatoms. The smallest absolute Gasteiger partial charge is 0.291 e. The number of hydrazone groups is 1. The number of nitrogen functional groups attached to an aromatic ring is 1. The third kappa shape index (κ3) is 1.85. The van der Waals surface area contributed by atoms with Gasteiger partial charge in [-0.2, -0.15) is 5.10 Å². The number of nitrogens with two attached hydrogens (primary N) is 1. The minimum atomic E-state index is -0.345. The summed E-state index contributed by atoms with van der Waals surface area (Å²) in [6, 6.07) is 5.05. The summed E-state index contributed by atoms with van der Waals surface area (Å²) < 4.78 is 5.04. The Morgan fingerprint density at radius 2 is 2.31 bits per heavy atom. The van der Waals surface area contributed by atoms with Gasteiger partial charge in [0.2, 0.25) is 0 Å². The second kappa shape index (κ2) is 4.01. The third-order valence-electron chi connectivity index (χ3n) is 2.06. The Bertz CT molecular complexity index is 494. The highest BCUT2D eigenvalue weighted by Gasteiger charge is 2.14. The predicted molar refractivity (Wildman–Crippen MR) is 61.1 cm³/mol. The summed E-state index contributed by atoms with van der Waals surface area (Å²) in [5, 5.41) is 3.59. The van der Waals surface area contributed by atoms with E-state index in [1.54, 1.807) is 25.3 Å². The van der Waals surface area contributed by atoms with Gasteiger partial charge in [0.1, 0.15) is 5.75 Å². The van der Waals surface area contributed by atoms with Crippen molar-refractivity contribution in [3.8, 4) is 5.75 Å². The van der Waals surface area contributed by atoms with Crippen LogP contribution in [0.25, 0.3) is 0 Å². The minimum absolute atomic E-state index is 0.222. The molecule has 0 atom stereocenters. The van der Waals surface area contributed by atoms with Gasteiger partial charge in [-0.25, -0.2) is 10.4 Å². The zero-order chi connectivity index (χ0) is 11.5. The standard InChI is InChI=1S/C10H10N4O2/c1-16-6-2-3-7(11)8(4-6)13-9-5-12-14-10(9)15/h2-5H,11H2,1H3,(H,13,14,15). The number of carbonyl (C=O) groups is 1. The van der Waals surface area contributed by atoms with Crippen molar-refractivity contribution in [2.75, 3.05) is 12.8 Å². The van der Waals surface area contributed by atoms with Gasteiger partial charge < -0.3 is 10.5 Å². The highest BCUT2D eigenvalue weighted by atomic mass is 16.5. The third-order valence-corrected chi connectivity index (χ3v) is 2.06. The van der Waals surface area contributed by atoms with Gasteiger partial charge in [0, 0.05) is 6.07 Å². The molecular formula is C10H10N4O2. The van der Waals surface area contributed by atoms with E-state index >= 15 is 0 Å². The molecule has 0 spiro atoms. The fourth-order valence-corrected chi connectivity index (χ4v) is 1.22. The number of nitrogens with one attached hydrogen (secondary N) is 1. The molecule has 2 rings (SSSR count). The largest absolute Gasteiger partial charge is 0.497 e. The van der Waals surface area contributed by atoms with Crippen LogP contribution in [-0.4, -0.2) is 24.9 Å². The van der Waals surface area contributed by atoms with Crippen molar-refractivity contribution in [3.63, 3.8) is 0 Å². The topological polar surface area (TPSA) is 89.1 Å². The van der Waals surface area contributed by atoms with Gasteiger partial charge >= 0.3 is 0 Å². The van der Waals surface area contributed by atoms with E-state index in [4.69, 9.17) is 10.5 Å². The number of methoxy groups -OCH3 is 1. The monoisotopic (exact) mass is 218 g/mol. The zero-order valence-electron chi connectivity index (χ0n) is 8.60. The molecule has 82 valence electrons. The van der Waals surface area contributed by atoms with Crippen LogP contribution < -0.4 is 15.9 Å². The highest BCUT2D eigenvalue weighted by molar-refractivity contribution is 6.63. The Balaban J connectivity index is 2.40. The number of hydrogen-bond acceptors (Lipinski definition) is 5. The molecule has 1 heterocycles. The first kappa shape index (κ1) is 10.2. The normalized spacial score (nSPS) is 16.6. The lowest BCUT2D eigenvalue weighted by molar-refractivity contribution is -0.114. The summed E-state index contributed by atoms with van der Waals surface area (Å²) in [5.74, 6) is 0.283. The van der Waals surface area contributed by atoms with E-state index in [0.717, 1.165) is 0 Å². The number of carbonyl (C=O) groups excluding carboxylic acids is 1. The zero-order valence-corrected chi connectivity index (χ0v) is 8.60. The van der Waals surface area contributed by atoms with Gasteiger partial charge in [0.15, 0.2) is 5.71 Å². The van der Waals surface area contributed by atoms with Gasteiger partial charge in [-0.3, -0.25) is 4.79 Å². The van der Waals surface area contributed by atoms with Crippen molar-refractivity contribution in [3.05, 3.63) is 18.2 Å².